The smallest absolute Gasteiger partial charge is 0.416 e. The summed E-state index contributed by atoms with van der Waals surface area (Å²) in [5.74, 6) is 1.78. The summed E-state index contributed by atoms with van der Waals surface area (Å²) >= 11 is 0. The third kappa shape index (κ3) is 7.58. The van der Waals surface area contributed by atoms with Crippen molar-refractivity contribution in [3.63, 3.8) is 0 Å². The summed E-state index contributed by atoms with van der Waals surface area (Å²) in [4.78, 5) is 39.4. The molecule has 14 heteroatoms. The topological polar surface area (TPSA) is 152 Å². The first-order chi connectivity index (χ1) is 23.2. The Labute approximate surface area is 285 Å². The number of carbonyl (C=O) groups excluding carboxylic acids is 2. The van der Waals surface area contributed by atoms with E-state index in [0.29, 0.717) is 60.0 Å². The van der Waals surface area contributed by atoms with Crippen molar-refractivity contribution < 1.29 is 24.2 Å². The maximum Gasteiger partial charge on any atom is 0.416 e. The van der Waals surface area contributed by atoms with Crippen LogP contribution in [0.1, 0.15) is 102 Å². The monoisotopic (exact) mass is 673 g/mol. The Kier molecular flexibility index (Phi) is 8.40. The lowest BCUT2D eigenvalue weighted by Gasteiger charge is -2.36. The van der Waals surface area contributed by atoms with Crippen molar-refractivity contribution in [2.24, 2.45) is 5.92 Å². The van der Waals surface area contributed by atoms with Crippen molar-refractivity contribution in [3.05, 3.63) is 47.5 Å². The zero-order valence-corrected chi connectivity index (χ0v) is 29.2. The first-order valence-electron chi connectivity index (χ1n) is 17.3. The molecule has 14 nitrogen and oxygen atoms in total. The first kappa shape index (κ1) is 33.1. The number of carbonyl (C=O) groups is 2. The number of hydrogen-bond donors (Lipinski definition) is 2. The zero-order chi connectivity index (χ0) is 34.7. The molecule has 0 spiro atoms. The molecule has 0 radical (unpaired) electrons. The van der Waals surface area contributed by atoms with Crippen LogP contribution >= 0.6 is 0 Å². The Bertz CT molecular complexity index is 1860. The number of nitrogens with one attached hydrogen (secondary N) is 1. The number of rotatable bonds is 8. The number of nitrogens with zero attached hydrogens (tertiary/aromatic N) is 8. The van der Waals surface area contributed by atoms with Gasteiger partial charge in [-0.05, 0) is 91.7 Å². The number of piperidine rings is 1. The van der Waals surface area contributed by atoms with Crippen LogP contribution in [-0.4, -0.2) is 88.3 Å². The highest BCUT2D eigenvalue weighted by Gasteiger charge is 2.34. The van der Waals surface area contributed by atoms with Crippen molar-refractivity contribution in [1.29, 1.82) is 0 Å². The summed E-state index contributed by atoms with van der Waals surface area (Å²) in [6, 6.07) is 5.79. The van der Waals surface area contributed by atoms with Gasteiger partial charge in [-0.3, -0.25) is 4.90 Å². The minimum Gasteiger partial charge on any atom is -0.444 e. The van der Waals surface area contributed by atoms with Crippen molar-refractivity contribution in [2.75, 3.05) is 29.9 Å². The maximum absolute atomic E-state index is 14.0. The summed E-state index contributed by atoms with van der Waals surface area (Å²) in [7, 11) is 0. The highest BCUT2D eigenvalue weighted by molar-refractivity contribution is 5.88. The van der Waals surface area contributed by atoms with E-state index in [1.54, 1.807) is 24.9 Å². The molecule has 5 heterocycles. The van der Waals surface area contributed by atoms with Gasteiger partial charge in [0.25, 0.3) is 0 Å². The average Bonchev–Trinajstić information content (AvgIpc) is 3.95. The predicted molar refractivity (Wildman–Crippen MR) is 183 cm³/mol. The molecule has 2 amide bonds. The fraction of sp³-hybridized carbons (Fsp3) is 0.600. The average molecular weight is 674 g/mol. The number of likely N-dealkylation sites (tertiary alicyclic amines) is 1. The summed E-state index contributed by atoms with van der Waals surface area (Å²) < 4.78 is 14.9. The van der Waals surface area contributed by atoms with E-state index in [0.717, 1.165) is 36.9 Å². The van der Waals surface area contributed by atoms with Gasteiger partial charge in [0.2, 0.25) is 0 Å². The van der Waals surface area contributed by atoms with Crippen LogP contribution in [0.25, 0.3) is 11.3 Å². The molecule has 7 rings (SSSR count). The lowest BCUT2D eigenvalue weighted by Crippen LogP contribution is -2.49. The van der Waals surface area contributed by atoms with Gasteiger partial charge in [0, 0.05) is 36.6 Å². The molecule has 4 aromatic heterocycles. The summed E-state index contributed by atoms with van der Waals surface area (Å²) in [5, 5.41) is 23.9. The SMILES string of the molecule is CC(C)(C)OC(=O)N1CC[C@H](CNc2cc(N(Cc3cn4nc(C5CC5)ccc4n3)C(=O)OC(C)(C)C)n3ncc(C4CC4)c3n2)[C@@H](O)C1. The number of aliphatic hydroxyl groups is 1. The summed E-state index contributed by atoms with van der Waals surface area (Å²) in [6.45, 7) is 12.2. The van der Waals surface area contributed by atoms with E-state index in [9.17, 15) is 14.7 Å². The van der Waals surface area contributed by atoms with E-state index >= 15 is 0 Å². The second-order valence-electron chi connectivity index (χ2n) is 15.7. The summed E-state index contributed by atoms with van der Waals surface area (Å²) in [6.07, 6.45) is 7.02. The molecule has 2 N–H and O–H groups in total. The minimum atomic E-state index is -0.740. The van der Waals surface area contributed by atoms with Crippen LogP contribution in [0, 0.1) is 5.92 Å². The van der Waals surface area contributed by atoms with Crippen molar-refractivity contribution in [2.45, 2.75) is 109 Å². The van der Waals surface area contributed by atoms with E-state index in [1.165, 1.54) is 0 Å². The van der Waals surface area contributed by atoms with Crippen LogP contribution in [0.2, 0.25) is 0 Å². The maximum atomic E-state index is 14.0. The van der Waals surface area contributed by atoms with Gasteiger partial charge in [0.05, 0.1) is 43.0 Å². The van der Waals surface area contributed by atoms with E-state index < -0.39 is 29.5 Å². The van der Waals surface area contributed by atoms with Crippen LogP contribution in [0.4, 0.5) is 21.2 Å². The van der Waals surface area contributed by atoms with Crippen molar-refractivity contribution in [3.8, 4) is 0 Å². The Morgan fingerprint density at radius 1 is 1.00 bits per heavy atom. The molecule has 4 aromatic rings. The molecule has 0 unspecified atom stereocenters. The standard InChI is InChI=1S/C35H47N9O5/c1-34(2,3)48-32(46)41-14-13-23(27(45)20-41)16-36-28-15-30(44-31(39-28)25(17-37-44)21-7-8-21)42(33(47)49-35(4,5)6)18-24-19-43-29(38-24)12-11-26(40-43)22-9-10-22/h11-12,15,17,19,21-23,27,45H,7-10,13-14,16,18,20H2,1-6H3,(H,36,39)/t23-,27+/m1/s1. The molecule has 0 aromatic carbocycles. The van der Waals surface area contributed by atoms with Gasteiger partial charge in [-0.1, -0.05) is 0 Å². The molecule has 2 aliphatic carbocycles. The number of anilines is 2. The third-order valence-electron chi connectivity index (χ3n) is 9.01. The lowest BCUT2D eigenvalue weighted by molar-refractivity contribution is -0.0104. The number of ether oxygens (including phenoxy) is 2. The van der Waals surface area contributed by atoms with Gasteiger partial charge in [-0.15, -0.1) is 0 Å². The van der Waals surface area contributed by atoms with Crippen molar-refractivity contribution >= 4 is 35.1 Å². The fourth-order valence-corrected chi connectivity index (χ4v) is 6.21. The molecular weight excluding hydrogens is 626 g/mol. The molecule has 1 aliphatic heterocycles. The van der Waals surface area contributed by atoms with Gasteiger partial charge in [0.1, 0.15) is 22.8 Å². The number of aromatic nitrogens is 6. The second kappa shape index (κ2) is 12.5. The van der Waals surface area contributed by atoms with Gasteiger partial charge >= 0.3 is 12.2 Å². The quantitative estimate of drug-likeness (QED) is 0.245. The lowest BCUT2D eigenvalue weighted by atomic mass is 9.94. The van der Waals surface area contributed by atoms with Crippen LogP contribution in [0.15, 0.2) is 30.6 Å². The van der Waals surface area contributed by atoms with Crippen LogP contribution in [0.3, 0.4) is 0 Å². The van der Waals surface area contributed by atoms with Crippen LogP contribution in [0.5, 0.6) is 0 Å². The predicted octanol–water partition coefficient (Wildman–Crippen LogP) is 5.50. The minimum absolute atomic E-state index is 0.121. The molecule has 3 fully saturated rings. The molecular formula is C35H47N9O5. The summed E-state index contributed by atoms with van der Waals surface area (Å²) in [5.41, 5.74) is 2.76. The van der Waals surface area contributed by atoms with Gasteiger partial charge < -0.3 is 24.8 Å². The third-order valence-corrected chi connectivity index (χ3v) is 9.01. The molecule has 2 saturated carbocycles. The zero-order valence-electron chi connectivity index (χ0n) is 29.2. The van der Waals surface area contributed by atoms with Gasteiger partial charge in [-0.25, -0.2) is 24.1 Å². The number of aliphatic hydroxyl groups excluding tert-OH is 1. The number of fused-ring (bicyclic) bond motifs is 2. The largest absolute Gasteiger partial charge is 0.444 e. The molecule has 3 aliphatic rings. The molecule has 1 saturated heterocycles. The molecule has 49 heavy (non-hydrogen) atoms. The van der Waals surface area contributed by atoms with E-state index in [2.05, 4.69) is 5.32 Å². The Morgan fingerprint density at radius 2 is 1.73 bits per heavy atom. The van der Waals surface area contributed by atoms with E-state index in [-0.39, 0.29) is 19.0 Å². The number of imidazole rings is 1. The number of hydrogen-bond acceptors (Lipinski definition) is 10. The Morgan fingerprint density at radius 3 is 2.41 bits per heavy atom. The van der Waals surface area contributed by atoms with E-state index in [1.807, 2.05) is 66.1 Å². The molecule has 262 valence electrons. The second-order valence-corrected chi connectivity index (χ2v) is 15.7. The van der Waals surface area contributed by atoms with Gasteiger partial charge in [-0.2, -0.15) is 14.7 Å². The first-order valence-corrected chi connectivity index (χ1v) is 17.3. The van der Waals surface area contributed by atoms with E-state index in [4.69, 9.17) is 29.6 Å². The van der Waals surface area contributed by atoms with Crippen molar-refractivity contribution in [1.82, 2.24) is 34.1 Å². The fourth-order valence-electron chi connectivity index (χ4n) is 6.21. The number of amides is 2. The van der Waals surface area contributed by atoms with Crippen LogP contribution < -0.4 is 10.2 Å². The normalized spacial score (nSPS) is 20.1. The molecule has 2 atom stereocenters. The Balaban J connectivity index is 1.17. The highest BCUT2D eigenvalue weighted by atomic mass is 16.6. The highest BCUT2D eigenvalue weighted by Crippen LogP contribution is 2.42. The number of β-amino-alcohol motifs (C(OH)–C–C–N with tert-alkyl or cyclic N) is 1. The van der Waals surface area contributed by atoms with Gasteiger partial charge in [0.15, 0.2) is 11.3 Å². The molecule has 0 bridgehead atoms. The van der Waals surface area contributed by atoms with Crippen LogP contribution in [-0.2, 0) is 16.0 Å². The Hall–Kier alpha value is -4.46.